The lowest BCUT2D eigenvalue weighted by atomic mass is 10.3. The monoisotopic (exact) mass is 222 g/mol. The molecule has 0 aliphatic carbocycles. The van der Waals surface area contributed by atoms with Gasteiger partial charge in [-0.3, -0.25) is 4.90 Å². The van der Waals surface area contributed by atoms with Crippen molar-refractivity contribution in [1.29, 1.82) is 0 Å². The number of carboxylic acids is 1. The van der Waals surface area contributed by atoms with E-state index in [1.807, 2.05) is 10.8 Å². The normalized spacial score (nSPS) is 18.8. The molecule has 1 unspecified atom stereocenters. The van der Waals surface area contributed by atoms with Crippen LogP contribution in [0.15, 0.2) is 18.3 Å². The summed E-state index contributed by atoms with van der Waals surface area (Å²) in [5.41, 5.74) is 0.381. The summed E-state index contributed by atoms with van der Waals surface area (Å²) in [5.74, 6) is -0.848. The minimum Gasteiger partial charge on any atom is -0.477 e. The van der Waals surface area contributed by atoms with Crippen LogP contribution in [-0.4, -0.2) is 39.7 Å². The largest absolute Gasteiger partial charge is 0.477 e. The molecule has 4 heteroatoms. The zero-order valence-corrected chi connectivity index (χ0v) is 9.59. The van der Waals surface area contributed by atoms with E-state index in [2.05, 4.69) is 11.8 Å². The number of likely N-dealkylation sites (tertiary alicyclic amines) is 1. The first-order valence-corrected chi connectivity index (χ1v) is 5.81. The summed E-state index contributed by atoms with van der Waals surface area (Å²) in [6.45, 7) is 5.21. The van der Waals surface area contributed by atoms with Gasteiger partial charge in [-0.05, 0) is 45.0 Å². The van der Waals surface area contributed by atoms with Gasteiger partial charge >= 0.3 is 5.97 Å². The van der Waals surface area contributed by atoms with Crippen molar-refractivity contribution in [2.75, 3.05) is 13.1 Å². The second kappa shape index (κ2) is 4.70. The van der Waals surface area contributed by atoms with Crippen molar-refractivity contribution in [2.45, 2.75) is 32.4 Å². The molecule has 0 saturated carbocycles. The van der Waals surface area contributed by atoms with E-state index in [4.69, 9.17) is 5.11 Å². The fourth-order valence-electron chi connectivity index (χ4n) is 2.35. The van der Waals surface area contributed by atoms with Crippen LogP contribution in [0, 0.1) is 0 Å². The Kier molecular flexibility index (Phi) is 3.29. The van der Waals surface area contributed by atoms with Crippen molar-refractivity contribution in [3.63, 3.8) is 0 Å². The highest BCUT2D eigenvalue weighted by molar-refractivity contribution is 5.85. The SMILES string of the molecule is CC(Cn1cccc1C(=O)O)N1CCCC1. The molecule has 1 aliphatic heterocycles. The van der Waals surface area contributed by atoms with Gasteiger partial charge in [0.05, 0.1) is 0 Å². The highest BCUT2D eigenvalue weighted by Crippen LogP contribution is 2.14. The van der Waals surface area contributed by atoms with Crippen LogP contribution in [0.3, 0.4) is 0 Å². The number of nitrogens with zero attached hydrogens (tertiary/aromatic N) is 2. The van der Waals surface area contributed by atoms with Crippen molar-refractivity contribution in [1.82, 2.24) is 9.47 Å². The zero-order chi connectivity index (χ0) is 11.5. The lowest BCUT2D eigenvalue weighted by molar-refractivity contribution is 0.0683. The van der Waals surface area contributed by atoms with Gasteiger partial charge in [-0.25, -0.2) is 4.79 Å². The average molecular weight is 222 g/mol. The van der Waals surface area contributed by atoms with E-state index in [9.17, 15) is 4.79 Å². The molecule has 1 aromatic rings. The number of hydrogen-bond donors (Lipinski definition) is 1. The molecule has 1 aromatic heterocycles. The summed E-state index contributed by atoms with van der Waals surface area (Å²) in [6.07, 6.45) is 4.37. The summed E-state index contributed by atoms with van der Waals surface area (Å²) in [5, 5.41) is 9.00. The Morgan fingerprint density at radius 1 is 1.50 bits per heavy atom. The van der Waals surface area contributed by atoms with E-state index in [0.29, 0.717) is 11.7 Å². The van der Waals surface area contributed by atoms with Crippen molar-refractivity contribution >= 4 is 5.97 Å². The Morgan fingerprint density at radius 2 is 2.19 bits per heavy atom. The number of rotatable bonds is 4. The molecule has 0 aromatic carbocycles. The highest BCUT2D eigenvalue weighted by Gasteiger charge is 2.19. The van der Waals surface area contributed by atoms with E-state index in [1.165, 1.54) is 12.8 Å². The molecule has 2 rings (SSSR count). The lowest BCUT2D eigenvalue weighted by Gasteiger charge is -2.24. The fourth-order valence-corrected chi connectivity index (χ4v) is 2.35. The molecule has 0 radical (unpaired) electrons. The van der Waals surface area contributed by atoms with Gasteiger partial charge in [0, 0.05) is 18.8 Å². The molecule has 88 valence electrons. The van der Waals surface area contributed by atoms with Gasteiger partial charge in [0.15, 0.2) is 0 Å². The maximum atomic E-state index is 11.0. The summed E-state index contributed by atoms with van der Waals surface area (Å²) >= 11 is 0. The predicted molar refractivity (Wildman–Crippen MR) is 61.7 cm³/mol. The zero-order valence-electron chi connectivity index (χ0n) is 9.59. The molecule has 1 saturated heterocycles. The van der Waals surface area contributed by atoms with Crippen LogP contribution < -0.4 is 0 Å². The second-order valence-electron chi connectivity index (χ2n) is 4.44. The van der Waals surface area contributed by atoms with E-state index < -0.39 is 5.97 Å². The molecule has 0 bridgehead atoms. The standard InChI is InChI=1S/C12H18N2O2/c1-10(13-6-2-3-7-13)9-14-8-4-5-11(14)12(15)16/h4-5,8,10H,2-3,6-7,9H2,1H3,(H,15,16). The Bertz CT molecular complexity index is 367. The molecular formula is C12H18N2O2. The van der Waals surface area contributed by atoms with Crippen LogP contribution in [-0.2, 0) is 6.54 Å². The van der Waals surface area contributed by atoms with Crippen LogP contribution in [0.4, 0.5) is 0 Å². The Labute approximate surface area is 95.5 Å². The van der Waals surface area contributed by atoms with Crippen LogP contribution in [0.1, 0.15) is 30.3 Å². The highest BCUT2D eigenvalue weighted by atomic mass is 16.4. The maximum absolute atomic E-state index is 11.0. The van der Waals surface area contributed by atoms with Gasteiger partial charge in [0.25, 0.3) is 0 Å². The summed E-state index contributed by atoms with van der Waals surface area (Å²) in [6, 6.07) is 3.85. The number of carbonyl (C=O) groups is 1. The van der Waals surface area contributed by atoms with Crippen molar-refractivity contribution in [2.24, 2.45) is 0 Å². The van der Waals surface area contributed by atoms with E-state index in [-0.39, 0.29) is 0 Å². The van der Waals surface area contributed by atoms with Gasteiger partial charge in [-0.2, -0.15) is 0 Å². The summed E-state index contributed by atoms with van der Waals surface area (Å²) < 4.78 is 1.82. The molecule has 4 nitrogen and oxygen atoms in total. The van der Waals surface area contributed by atoms with Gasteiger partial charge in [-0.1, -0.05) is 0 Å². The van der Waals surface area contributed by atoms with Crippen LogP contribution >= 0.6 is 0 Å². The van der Waals surface area contributed by atoms with Crippen LogP contribution in [0.5, 0.6) is 0 Å². The van der Waals surface area contributed by atoms with Gasteiger partial charge in [0.1, 0.15) is 5.69 Å². The van der Waals surface area contributed by atoms with Crippen LogP contribution in [0.25, 0.3) is 0 Å². The quantitative estimate of drug-likeness (QED) is 0.843. The molecule has 0 spiro atoms. The molecule has 1 fully saturated rings. The van der Waals surface area contributed by atoms with Crippen molar-refractivity contribution in [3.05, 3.63) is 24.0 Å². The minimum atomic E-state index is -0.848. The van der Waals surface area contributed by atoms with Gasteiger partial charge in [-0.15, -0.1) is 0 Å². The van der Waals surface area contributed by atoms with E-state index >= 15 is 0 Å². The maximum Gasteiger partial charge on any atom is 0.352 e. The first-order valence-electron chi connectivity index (χ1n) is 5.81. The Hall–Kier alpha value is -1.29. The smallest absolute Gasteiger partial charge is 0.352 e. The van der Waals surface area contributed by atoms with Crippen LogP contribution in [0.2, 0.25) is 0 Å². The number of aromatic carboxylic acids is 1. The van der Waals surface area contributed by atoms with Gasteiger partial charge < -0.3 is 9.67 Å². The topological polar surface area (TPSA) is 45.5 Å². The first-order chi connectivity index (χ1) is 7.68. The van der Waals surface area contributed by atoms with Crippen molar-refractivity contribution in [3.8, 4) is 0 Å². The third-order valence-electron chi connectivity index (χ3n) is 3.27. The predicted octanol–water partition coefficient (Wildman–Crippen LogP) is 1.67. The first kappa shape index (κ1) is 11.2. The third kappa shape index (κ3) is 2.27. The number of carboxylic acid groups (broad SMARTS) is 1. The van der Waals surface area contributed by atoms with Crippen molar-refractivity contribution < 1.29 is 9.90 Å². The molecule has 16 heavy (non-hydrogen) atoms. The minimum absolute atomic E-state index is 0.381. The molecule has 1 N–H and O–H groups in total. The summed E-state index contributed by atoms with van der Waals surface area (Å²) in [7, 11) is 0. The molecular weight excluding hydrogens is 204 g/mol. The van der Waals surface area contributed by atoms with Gasteiger partial charge in [0.2, 0.25) is 0 Å². The Balaban J connectivity index is 2.02. The Morgan fingerprint density at radius 3 is 2.81 bits per heavy atom. The lowest BCUT2D eigenvalue weighted by Crippen LogP contribution is -2.34. The molecule has 0 amide bonds. The molecule has 2 heterocycles. The fraction of sp³-hybridized carbons (Fsp3) is 0.583. The average Bonchev–Trinajstić information content (AvgIpc) is 2.86. The number of hydrogen-bond acceptors (Lipinski definition) is 2. The molecule has 1 atom stereocenters. The third-order valence-corrected chi connectivity index (χ3v) is 3.27. The molecule has 1 aliphatic rings. The van der Waals surface area contributed by atoms with E-state index in [1.54, 1.807) is 12.1 Å². The summed E-state index contributed by atoms with van der Waals surface area (Å²) in [4.78, 5) is 13.4. The van der Waals surface area contributed by atoms with E-state index in [0.717, 1.165) is 19.6 Å². The second-order valence-corrected chi connectivity index (χ2v) is 4.44. The number of aromatic nitrogens is 1.